The Bertz CT molecular complexity index is 858. The van der Waals surface area contributed by atoms with E-state index in [9.17, 15) is 17.2 Å². The highest BCUT2D eigenvalue weighted by molar-refractivity contribution is 9.10. The zero-order chi connectivity index (χ0) is 16.5. The summed E-state index contributed by atoms with van der Waals surface area (Å²) in [6.45, 7) is 0. The van der Waals surface area contributed by atoms with E-state index in [0.717, 1.165) is 10.9 Å². The molecule has 2 rings (SSSR count). The Kier molecular flexibility index (Phi) is 4.48. The smallest absolute Gasteiger partial charge is 0.276 e. The van der Waals surface area contributed by atoms with Crippen molar-refractivity contribution in [3.63, 3.8) is 0 Å². The summed E-state index contributed by atoms with van der Waals surface area (Å²) in [5.74, 6) is 0. The third-order valence-corrected chi connectivity index (χ3v) is 4.75. The molecule has 10 heteroatoms. The van der Waals surface area contributed by atoms with Crippen molar-refractivity contribution in [1.82, 2.24) is 9.78 Å². The van der Waals surface area contributed by atoms with Gasteiger partial charge in [-0.1, -0.05) is 6.07 Å². The van der Waals surface area contributed by atoms with E-state index in [0.29, 0.717) is 0 Å². The number of rotatable bonds is 4. The summed E-state index contributed by atoms with van der Waals surface area (Å²) in [6, 6.07) is 5.91. The highest BCUT2D eigenvalue weighted by atomic mass is 79.9. The van der Waals surface area contributed by atoms with Crippen LogP contribution in [0.5, 0.6) is 0 Å². The largest absolute Gasteiger partial charge is 0.284 e. The van der Waals surface area contributed by atoms with Gasteiger partial charge < -0.3 is 0 Å². The predicted octanol–water partition coefficient (Wildman–Crippen LogP) is 2.79. The molecule has 1 heterocycles. The van der Waals surface area contributed by atoms with E-state index in [1.54, 1.807) is 6.07 Å². The van der Waals surface area contributed by atoms with Gasteiger partial charge in [-0.2, -0.15) is 10.4 Å². The van der Waals surface area contributed by atoms with Gasteiger partial charge in [-0.05, 0) is 28.1 Å². The van der Waals surface area contributed by atoms with Gasteiger partial charge in [-0.25, -0.2) is 17.2 Å². The Morgan fingerprint density at radius 3 is 2.73 bits per heavy atom. The molecule has 0 aliphatic carbocycles. The molecular weight excluding hydrogens is 382 g/mol. The maximum Gasteiger partial charge on any atom is 0.284 e. The molecule has 116 valence electrons. The first kappa shape index (κ1) is 16.4. The Hall–Kier alpha value is -1.99. The van der Waals surface area contributed by atoms with E-state index in [1.165, 1.54) is 25.2 Å². The van der Waals surface area contributed by atoms with E-state index >= 15 is 0 Å². The second-order valence-electron chi connectivity index (χ2n) is 4.23. The van der Waals surface area contributed by atoms with Gasteiger partial charge in [0.15, 0.2) is 5.69 Å². The molecule has 0 saturated carbocycles. The van der Waals surface area contributed by atoms with Gasteiger partial charge in [-0.3, -0.25) is 9.40 Å². The molecule has 1 aromatic heterocycles. The van der Waals surface area contributed by atoms with Crippen LogP contribution in [0.3, 0.4) is 0 Å². The van der Waals surface area contributed by atoms with Crippen molar-refractivity contribution in [3.05, 3.63) is 40.1 Å². The average molecular weight is 391 g/mol. The Labute approximate surface area is 133 Å². The van der Waals surface area contributed by atoms with Crippen LogP contribution in [-0.2, 0) is 17.1 Å². The molecule has 0 unspecified atom stereocenters. The summed E-state index contributed by atoms with van der Waals surface area (Å²) < 4.78 is 53.8. The zero-order valence-corrected chi connectivity index (χ0v) is 13.5. The molecule has 0 saturated heterocycles. The van der Waals surface area contributed by atoms with Gasteiger partial charge in [0, 0.05) is 17.7 Å². The maximum absolute atomic E-state index is 12.9. The monoisotopic (exact) mass is 390 g/mol. The molecule has 0 spiro atoms. The summed E-state index contributed by atoms with van der Waals surface area (Å²) in [5.41, 5.74) is -1.13. The van der Waals surface area contributed by atoms with Crippen LogP contribution < -0.4 is 4.72 Å². The second kappa shape index (κ2) is 6.02. The fourth-order valence-corrected chi connectivity index (χ4v) is 3.61. The van der Waals surface area contributed by atoms with Crippen molar-refractivity contribution in [2.24, 2.45) is 7.05 Å². The van der Waals surface area contributed by atoms with Gasteiger partial charge in [0.25, 0.3) is 16.4 Å². The van der Waals surface area contributed by atoms with E-state index in [1.807, 2.05) is 4.72 Å². The Balaban J connectivity index is 2.50. The molecule has 0 fully saturated rings. The van der Waals surface area contributed by atoms with Crippen molar-refractivity contribution < 1.29 is 17.2 Å². The molecule has 6 nitrogen and oxygen atoms in total. The first-order valence-electron chi connectivity index (χ1n) is 5.79. The topological polar surface area (TPSA) is 87.8 Å². The van der Waals surface area contributed by atoms with Crippen molar-refractivity contribution >= 4 is 31.6 Å². The molecule has 0 atom stereocenters. The number of aryl methyl sites for hydroxylation is 1. The van der Waals surface area contributed by atoms with Crippen molar-refractivity contribution in [3.8, 4) is 6.07 Å². The van der Waals surface area contributed by atoms with E-state index in [2.05, 4.69) is 21.0 Å². The van der Waals surface area contributed by atoms with Gasteiger partial charge >= 0.3 is 0 Å². The van der Waals surface area contributed by atoms with Crippen LogP contribution in [0.1, 0.15) is 17.7 Å². The number of hydrogen-bond donors (Lipinski definition) is 1. The lowest BCUT2D eigenvalue weighted by Gasteiger charge is -2.09. The van der Waals surface area contributed by atoms with Gasteiger partial charge in [0.1, 0.15) is 11.0 Å². The zero-order valence-electron chi connectivity index (χ0n) is 11.1. The normalized spacial score (nSPS) is 11.5. The number of hydrogen-bond acceptors (Lipinski definition) is 4. The SMILES string of the molecule is Cn1cc(NS(=O)(=O)c2cccc(Br)c2C#N)c(C(F)F)n1. The first-order valence-corrected chi connectivity index (χ1v) is 8.07. The highest BCUT2D eigenvalue weighted by Crippen LogP contribution is 2.29. The first-order chi connectivity index (χ1) is 10.3. The summed E-state index contributed by atoms with van der Waals surface area (Å²) in [7, 11) is -2.82. The molecule has 1 aromatic carbocycles. The van der Waals surface area contributed by atoms with Crippen LogP contribution in [0.2, 0.25) is 0 Å². The van der Waals surface area contributed by atoms with Crippen molar-refractivity contribution in [1.29, 1.82) is 5.26 Å². The number of nitriles is 1. The molecule has 1 N–H and O–H groups in total. The molecule has 2 aromatic rings. The third-order valence-electron chi connectivity index (χ3n) is 2.69. The second-order valence-corrected chi connectivity index (χ2v) is 6.74. The van der Waals surface area contributed by atoms with Crippen LogP contribution in [0, 0.1) is 11.3 Å². The lowest BCUT2D eigenvalue weighted by Crippen LogP contribution is -2.15. The summed E-state index contributed by atoms with van der Waals surface area (Å²) >= 11 is 3.08. The molecule has 0 bridgehead atoms. The molecule has 0 aliphatic heterocycles. The number of aromatic nitrogens is 2. The highest BCUT2D eigenvalue weighted by Gasteiger charge is 2.25. The van der Waals surface area contributed by atoms with E-state index in [-0.39, 0.29) is 20.6 Å². The number of nitrogens with zero attached hydrogens (tertiary/aromatic N) is 3. The number of sulfonamides is 1. The molecule has 0 radical (unpaired) electrons. The average Bonchev–Trinajstić information content (AvgIpc) is 2.78. The van der Waals surface area contributed by atoms with Crippen molar-refractivity contribution in [2.45, 2.75) is 11.3 Å². The number of alkyl halides is 2. The fourth-order valence-electron chi connectivity index (χ4n) is 1.78. The maximum atomic E-state index is 12.9. The molecule has 0 amide bonds. The van der Waals surface area contributed by atoms with Gasteiger partial charge in [0.05, 0.1) is 11.3 Å². The predicted molar refractivity (Wildman–Crippen MR) is 77.8 cm³/mol. The molecule has 0 aliphatic rings. The standard InChI is InChI=1S/C12H9BrF2N4O2S/c1-19-6-9(11(17-19)12(14)15)18-22(20,21)10-4-2-3-8(13)7(10)5-16/h2-4,6,12,18H,1H3. The number of benzene rings is 1. The van der Waals surface area contributed by atoms with Crippen molar-refractivity contribution in [2.75, 3.05) is 4.72 Å². The Morgan fingerprint density at radius 2 is 2.14 bits per heavy atom. The minimum absolute atomic E-state index is 0.113. The quantitative estimate of drug-likeness (QED) is 0.868. The molecule has 22 heavy (non-hydrogen) atoms. The lowest BCUT2D eigenvalue weighted by molar-refractivity contribution is 0.146. The van der Waals surface area contributed by atoms with E-state index < -0.39 is 22.1 Å². The van der Waals surface area contributed by atoms with Crippen LogP contribution in [0.4, 0.5) is 14.5 Å². The van der Waals surface area contributed by atoms with Crippen LogP contribution in [0.15, 0.2) is 33.8 Å². The van der Waals surface area contributed by atoms with Gasteiger partial charge in [0.2, 0.25) is 0 Å². The minimum Gasteiger partial charge on any atom is -0.276 e. The summed E-state index contributed by atoms with van der Waals surface area (Å²) in [6.07, 6.45) is -1.81. The van der Waals surface area contributed by atoms with Crippen LogP contribution >= 0.6 is 15.9 Å². The number of anilines is 1. The fraction of sp³-hybridized carbons (Fsp3) is 0.167. The molecular formula is C12H9BrF2N4O2S. The van der Waals surface area contributed by atoms with Gasteiger partial charge in [-0.15, -0.1) is 0 Å². The van der Waals surface area contributed by atoms with E-state index in [4.69, 9.17) is 5.26 Å². The van der Waals surface area contributed by atoms with Crippen LogP contribution in [-0.4, -0.2) is 18.2 Å². The minimum atomic E-state index is -4.21. The number of halogens is 3. The Morgan fingerprint density at radius 1 is 1.45 bits per heavy atom. The lowest BCUT2D eigenvalue weighted by atomic mass is 10.2. The third kappa shape index (κ3) is 3.10. The summed E-state index contributed by atoms with van der Waals surface area (Å²) in [5, 5.41) is 12.6. The van der Waals surface area contributed by atoms with Crippen LogP contribution in [0.25, 0.3) is 0 Å². The number of nitrogens with one attached hydrogen (secondary N) is 1. The summed E-state index contributed by atoms with van der Waals surface area (Å²) in [4.78, 5) is -0.312.